The van der Waals surface area contributed by atoms with Crippen molar-refractivity contribution in [1.29, 1.82) is 5.26 Å². The maximum Gasteiger partial charge on any atom is 0.192 e. The number of nitriles is 1. The highest BCUT2D eigenvalue weighted by molar-refractivity contribution is 7.99. The maximum absolute atomic E-state index is 8.81. The van der Waals surface area contributed by atoms with Crippen LogP contribution < -0.4 is 4.74 Å². The lowest BCUT2D eigenvalue weighted by atomic mass is 10.2. The first kappa shape index (κ1) is 17.0. The highest BCUT2D eigenvalue weighted by Crippen LogP contribution is 2.27. The molecule has 0 saturated heterocycles. The molecule has 0 unspecified atom stereocenters. The Labute approximate surface area is 151 Å². The van der Waals surface area contributed by atoms with Crippen molar-refractivity contribution in [2.75, 3.05) is 0 Å². The van der Waals surface area contributed by atoms with Crippen molar-refractivity contribution in [3.05, 3.63) is 77.1 Å². The summed E-state index contributed by atoms with van der Waals surface area (Å²) in [5, 5.41) is 9.56. The Bertz CT molecular complexity index is 879. The number of aryl methyl sites for hydroxylation is 2. The average molecular weight is 347 g/mol. The first-order valence-electron chi connectivity index (χ1n) is 7.84. The van der Waals surface area contributed by atoms with E-state index in [9.17, 15) is 0 Å². The third-order valence-corrected chi connectivity index (χ3v) is 4.36. The molecule has 0 N–H and O–H groups in total. The van der Waals surface area contributed by atoms with Crippen LogP contribution in [0.5, 0.6) is 5.75 Å². The molecule has 0 aliphatic heterocycles. The van der Waals surface area contributed by atoms with Crippen LogP contribution >= 0.6 is 11.8 Å². The number of aromatic nitrogens is 2. The lowest BCUT2D eigenvalue weighted by Gasteiger charge is -2.07. The van der Waals surface area contributed by atoms with Crippen molar-refractivity contribution in [2.24, 2.45) is 0 Å². The minimum Gasteiger partial charge on any atom is -0.489 e. The van der Waals surface area contributed by atoms with Crippen molar-refractivity contribution >= 4 is 11.8 Å². The average Bonchev–Trinajstić information content (AvgIpc) is 2.61. The maximum atomic E-state index is 8.81. The summed E-state index contributed by atoms with van der Waals surface area (Å²) in [4.78, 5) is 9.94. The molecular formula is C20H17N3OS. The van der Waals surface area contributed by atoms with E-state index < -0.39 is 0 Å². The SMILES string of the molecule is Cc1cc(C)nc(Sc2ccc(OCc3ccc(C#N)cc3)cc2)n1. The van der Waals surface area contributed by atoms with Gasteiger partial charge >= 0.3 is 0 Å². The van der Waals surface area contributed by atoms with E-state index in [0.717, 1.165) is 32.8 Å². The molecule has 0 fully saturated rings. The van der Waals surface area contributed by atoms with Gasteiger partial charge in [-0.2, -0.15) is 5.26 Å². The van der Waals surface area contributed by atoms with Crippen LogP contribution in [-0.4, -0.2) is 9.97 Å². The predicted octanol–water partition coefficient (Wildman–Crippen LogP) is 4.70. The van der Waals surface area contributed by atoms with E-state index in [1.54, 1.807) is 12.1 Å². The number of rotatable bonds is 5. The quantitative estimate of drug-likeness (QED) is 0.626. The number of ether oxygens (including phenoxy) is 1. The Hall–Kier alpha value is -2.84. The van der Waals surface area contributed by atoms with E-state index in [1.165, 1.54) is 11.8 Å². The molecule has 3 rings (SSSR count). The zero-order valence-electron chi connectivity index (χ0n) is 14.1. The summed E-state index contributed by atoms with van der Waals surface area (Å²) in [6, 6.07) is 19.3. The monoisotopic (exact) mass is 347 g/mol. The van der Waals surface area contributed by atoms with Gasteiger partial charge in [-0.1, -0.05) is 12.1 Å². The molecule has 25 heavy (non-hydrogen) atoms. The molecule has 0 spiro atoms. The number of benzene rings is 2. The first-order valence-corrected chi connectivity index (χ1v) is 8.66. The van der Waals surface area contributed by atoms with E-state index in [0.29, 0.717) is 12.2 Å². The van der Waals surface area contributed by atoms with Crippen LogP contribution in [0.1, 0.15) is 22.5 Å². The van der Waals surface area contributed by atoms with Crippen LogP contribution in [-0.2, 0) is 6.61 Å². The fourth-order valence-electron chi connectivity index (χ4n) is 2.29. The molecule has 0 amide bonds. The molecule has 4 nitrogen and oxygen atoms in total. The van der Waals surface area contributed by atoms with Crippen LogP contribution in [0.25, 0.3) is 0 Å². The van der Waals surface area contributed by atoms with E-state index in [4.69, 9.17) is 10.00 Å². The zero-order valence-corrected chi connectivity index (χ0v) is 14.9. The fraction of sp³-hybridized carbons (Fsp3) is 0.150. The molecule has 5 heteroatoms. The third kappa shape index (κ3) is 4.82. The van der Waals surface area contributed by atoms with Gasteiger partial charge in [-0.3, -0.25) is 0 Å². The molecule has 0 aliphatic rings. The van der Waals surface area contributed by atoms with Gasteiger partial charge in [0.1, 0.15) is 12.4 Å². The molecule has 0 aliphatic carbocycles. The molecule has 0 radical (unpaired) electrons. The summed E-state index contributed by atoms with van der Waals surface area (Å²) >= 11 is 1.53. The zero-order chi connectivity index (χ0) is 17.6. The second-order valence-corrected chi connectivity index (χ2v) is 6.64. The number of hydrogen-bond acceptors (Lipinski definition) is 5. The Balaban J connectivity index is 1.60. The van der Waals surface area contributed by atoms with Crippen molar-refractivity contribution < 1.29 is 4.74 Å². The fourth-order valence-corrected chi connectivity index (χ4v) is 3.15. The minimum atomic E-state index is 0.471. The van der Waals surface area contributed by atoms with E-state index in [1.807, 2.05) is 56.3 Å². The molecule has 1 heterocycles. The molecule has 3 aromatic rings. The van der Waals surface area contributed by atoms with E-state index in [2.05, 4.69) is 16.0 Å². The van der Waals surface area contributed by atoms with Crippen LogP contribution in [0.2, 0.25) is 0 Å². The number of hydrogen-bond donors (Lipinski definition) is 0. The van der Waals surface area contributed by atoms with Gasteiger partial charge in [0.2, 0.25) is 0 Å². The molecule has 0 saturated carbocycles. The summed E-state index contributed by atoms with van der Waals surface area (Å²) in [7, 11) is 0. The highest BCUT2D eigenvalue weighted by Gasteiger charge is 2.04. The molecular weight excluding hydrogens is 330 g/mol. The summed E-state index contributed by atoms with van der Waals surface area (Å²) in [5.41, 5.74) is 3.62. The van der Waals surface area contributed by atoms with Crippen LogP contribution in [0.15, 0.2) is 64.6 Å². The van der Waals surface area contributed by atoms with Gasteiger partial charge in [-0.15, -0.1) is 0 Å². The van der Waals surface area contributed by atoms with Gasteiger partial charge in [0.05, 0.1) is 11.6 Å². The molecule has 0 atom stereocenters. The van der Waals surface area contributed by atoms with Gasteiger partial charge in [-0.05, 0) is 73.6 Å². The van der Waals surface area contributed by atoms with Gasteiger partial charge in [-0.25, -0.2) is 9.97 Å². The van der Waals surface area contributed by atoms with Crippen molar-refractivity contribution in [1.82, 2.24) is 9.97 Å². The van der Waals surface area contributed by atoms with Gasteiger partial charge < -0.3 is 4.74 Å². The second-order valence-electron chi connectivity index (χ2n) is 5.60. The van der Waals surface area contributed by atoms with Gasteiger partial charge in [0.25, 0.3) is 0 Å². The topological polar surface area (TPSA) is 58.8 Å². The van der Waals surface area contributed by atoms with Crippen LogP contribution in [0.3, 0.4) is 0 Å². The minimum absolute atomic E-state index is 0.471. The normalized spacial score (nSPS) is 10.3. The standard InChI is InChI=1S/C20H17N3OS/c1-14-11-15(2)23-20(22-14)25-19-9-7-18(8-10-19)24-13-17-5-3-16(12-21)4-6-17/h3-11H,13H2,1-2H3. The summed E-state index contributed by atoms with van der Waals surface area (Å²) in [6.45, 7) is 4.41. The van der Waals surface area contributed by atoms with E-state index in [-0.39, 0.29) is 0 Å². The lowest BCUT2D eigenvalue weighted by molar-refractivity contribution is 0.306. The Morgan fingerprint density at radius 3 is 2.20 bits per heavy atom. The summed E-state index contributed by atoms with van der Waals surface area (Å²) < 4.78 is 5.79. The van der Waals surface area contributed by atoms with E-state index >= 15 is 0 Å². The van der Waals surface area contributed by atoms with Crippen LogP contribution in [0, 0.1) is 25.2 Å². The third-order valence-electron chi connectivity index (χ3n) is 3.48. The second kappa shape index (κ2) is 7.82. The lowest BCUT2D eigenvalue weighted by Crippen LogP contribution is -1.95. The smallest absolute Gasteiger partial charge is 0.192 e. The van der Waals surface area contributed by atoms with Crippen molar-refractivity contribution in [3.63, 3.8) is 0 Å². The summed E-state index contributed by atoms with van der Waals surface area (Å²) in [6.07, 6.45) is 0. The van der Waals surface area contributed by atoms with Gasteiger partial charge in [0, 0.05) is 16.3 Å². The molecule has 2 aromatic carbocycles. The van der Waals surface area contributed by atoms with Crippen LogP contribution in [0.4, 0.5) is 0 Å². The number of nitrogens with zero attached hydrogens (tertiary/aromatic N) is 3. The van der Waals surface area contributed by atoms with Crippen molar-refractivity contribution in [3.8, 4) is 11.8 Å². The van der Waals surface area contributed by atoms with Gasteiger partial charge in [0.15, 0.2) is 5.16 Å². The first-order chi connectivity index (χ1) is 12.1. The summed E-state index contributed by atoms with van der Waals surface area (Å²) in [5.74, 6) is 0.801. The molecule has 1 aromatic heterocycles. The van der Waals surface area contributed by atoms with Crippen molar-refractivity contribution in [2.45, 2.75) is 30.5 Å². The highest BCUT2D eigenvalue weighted by atomic mass is 32.2. The Morgan fingerprint density at radius 1 is 0.960 bits per heavy atom. The predicted molar refractivity (Wildman–Crippen MR) is 97.6 cm³/mol. The molecule has 0 bridgehead atoms. The Morgan fingerprint density at radius 2 is 1.60 bits per heavy atom. The largest absolute Gasteiger partial charge is 0.489 e. The Kier molecular flexibility index (Phi) is 5.32. The molecule has 124 valence electrons.